The third-order valence-electron chi connectivity index (χ3n) is 1.60. The van der Waals surface area contributed by atoms with Gasteiger partial charge in [0.2, 0.25) is 0 Å². The molecule has 78 valence electrons. The Kier molecular flexibility index (Phi) is 7.41. The number of hydrazine groups is 1. The summed E-state index contributed by atoms with van der Waals surface area (Å²) in [6.07, 6.45) is 1.43. The van der Waals surface area contributed by atoms with Gasteiger partial charge in [-0.05, 0) is 13.0 Å². The van der Waals surface area contributed by atoms with Gasteiger partial charge in [0.15, 0.2) is 0 Å². The number of rotatable bonds is 8. The third-order valence-corrected chi connectivity index (χ3v) is 1.60. The third kappa shape index (κ3) is 5.47. The van der Waals surface area contributed by atoms with Crippen LogP contribution in [0.3, 0.4) is 0 Å². The zero-order chi connectivity index (χ0) is 10.1. The monoisotopic (exact) mass is 191 g/mol. The first kappa shape index (κ1) is 12.2. The molecule has 0 saturated carbocycles. The summed E-state index contributed by atoms with van der Waals surface area (Å²) in [7, 11) is 0. The van der Waals surface area contributed by atoms with E-state index in [-0.39, 0.29) is 5.28 Å². The fraction of sp³-hybridized carbons (Fsp3) is 1.00. The second-order valence-electron chi connectivity index (χ2n) is 2.64. The van der Waals surface area contributed by atoms with Gasteiger partial charge in [0.25, 0.3) is 0 Å². The maximum Gasteiger partial charge on any atom is 0.0752 e. The van der Waals surface area contributed by atoms with Crippen molar-refractivity contribution in [1.82, 2.24) is 10.3 Å². The molecule has 0 saturated heterocycles. The Balaban J connectivity index is 3.79. The number of hydrogen-bond donors (Lipinski definition) is 2. The first-order valence-electron chi connectivity index (χ1n) is 4.31. The minimum atomic E-state index is 0.0747. The van der Waals surface area contributed by atoms with E-state index in [1.165, 1.54) is 5.01 Å². The molecule has 0 fully saturated rings. The fourth-order valence-corrected chi connectivity index (χ4v) is 0.903. The van der Waals surface area contributed by atoms with Gasteiger partial charge < -0.3 is 16.7 Å². The number of nitrogens with zero attached hydrogens (tertiary/aromatic N) is 3. The maximum absolute atomic E-state index is 10.8. The standard InChI is InChI=1S/C6H16N5O2/c7-3-1-5-10(6-2-4-8)11(13)9-12/h1-8H2/q-1/p+1. The molecule has 7 heteroatoms. The van der Waals surface area contributed by atoms with Crippen LogP contribution in [0, 0.1) is 10.1 Å². The van der Waals surface area contributed by atoms with Crippen LogP contribution in [0.1, 0.15) is 12.8 Å². The SMILES string of the molecule is NCCCN(CCC[NH3+])N([O-])N=O. The highest BCUT2D eigenvalue weighted by Crippen LogP contribution is 1.98. The van der Waals surface area contributed by atoms with Crippen molar-refractivity contribution in [3.05, 3.63) is 10.1 Å². The lowest BCUT2D eigenvalue weighted by Crippen LogP contribution is -2.51. The molecule has 0 aromatic rings. The summed E-state index contributed by atoms with van der Waals surface area (Å²) in [5, 5.41) is 14.5. The van der Waals surface area contributed by atoms with Gasteiger partial charge in [-0.15, -0.1) is 4.91 Å². The second-order valence-corrected chi connectivity index (χ2v) is 2.64. The van der Waals surface area contributed by atoms with Gasteiger partial charge in [0, 0.05) is 19.5 Å². The van der Waals surface area contributed by atoms with Crippen LogP contribution in [-0.4, -0.2) is 36.5 Å². The van der Waals surface area contributed by atoms with Crippen LogP contribution in [-0.2, 0) is 0 Å². The van der Waals surface area contributed by atoms with E-state index in [4.69, 9.17) is 5.73 Å². The molecule has 0 bridgehead atoms. The summed E-state index contributed by atoms with van der Waals surface area (Å²) in [5.74, 6) is 0. The van der Waals surface area contributed by atoms with E-state index < -0.39 is 0 Å². The van der Waals surface area contributed by atoms with Gasteiger partial charge in [0.1, 0.15) is 0 Å². The highest BCUT2D eigenvalue weighted by molar-refractivity contribution is 4.55. The first-order chi connectivity index (χ1) is 6.26. The average Bonchev–Trinajstić information content (AvgIpc) is 2.17. The van der Waals surface area contributed by atoms with Crippen molar-refractivity contribution < 1.29 is 5.73 Å². The molecule has 0 heterocycles. The van der Waals surface area contributed by atoms with Gasteiger partial charge >= 0.3 is 0 Å². The summed E-state index contributed by atoms with van der Waals surface area (Å²) in [5.41, 5.74) is 8.92. The first-order valence-corrected chi connectivity index (χ1v) is 4.31. The van der Waals surface area contributed by atoms with Crippen molar-refractivity contribution in [3.63, 3.8) is 0 Å². The van der Waals surface area contributed by atoms with Crippen LogP contribution in [0.15, 0.2) is 5.29 Å². The van der Waals surface area contributed by atoms with E-state index in [2.05, 4.69) is 11.0 Å². The van der Waals surface area contributed by atoms with Gasteiger partial charge in [-0.3, -0.25) is 5.28 Å². The van der Waals surface area contributed by atoms with Gasteiger partial charge in [0.05, 0.1) is 11.8 Å². The van der Waals surface area contributed by atoms with Crippen LogP contribution in [0.5, 0.6) is 0 Å². The summed E-state index contributed by atoms with van der Waals surface area (Å²) in [6, 6.07) is 0. The minimum Gasteiger partial charge on any atom is -0.724 e. The lowest BCUT2D eigenvalue weighted by atomic mass is 10.4. The molecule has 13 heavy (non-hydrogen) atoms. The van der Waals surface area contributed by atoms with E-state index in [1.807, 2.05) is 0 Å². The Labute approximate surface area is 77.1 Å². The Morgan fingerprint density at radius 1 is 1.38 bits per heavy atom. The van der Waals surface area contributed by atoms with Crippen LogP contribution in [0.2, 0.25) is 0 Å². The lowest BCUT2D eigenvalue weighted by molar-refractivity contribution is -0.369. The van der Waals surface area contributed by atoms with Gasteiger partial charge in [-0.1, -0.05) is 0 Å². The highest BCUT2D eigenvalue weighted by Gasteiger charge is 2.05. The summed E-state index contributed by atoms with van der Waals surface area (Å²) in [4.78, 5) is 9.95. The van der Waals surface area contributed by atoms with Crippen LogP contribution < -0.4 is 11.5 Å². The zero-order valence-corrected chi connectivity index (χ0v) is 7.69. The van der Waals surface area contributed by atoms with Crippen LogP contribution >= 0.6 is 0 Å². The second kappa shape index (κ2) is 7.87. The maximum atomic E-state index is 10.8. The zero-order valence-electron chi connectivity index (χ0n) is 7.69. The van der Waals surface area contributed by atoms with E-state index in [0.29, 0.717) is 26.1 Å². The van der Waals surface area contributed by atoms with Crippen molar-refractivity contribution in [2.75, 3.05) is 26.2 Å². The molecule has 0 spiro atoms. The Hall–Kier alpha value is -0.760. The van der Waals surface area contributed by atoms with Crippen LogP contribution in [0.25, 0.3) is 0 Å². The Bertz CT molecular complexity index is 126. The predicted octanol–water partition coefficient (Wildman–Crippen LogP) is -1.33. The lowest BCUT2D eigenvalue weighted by Gasteiger charge is -2.33. The molecule has 0 aliphatic carbocycles. The normalized spacial score (nSPS) is 10.5. The quantitative estimate of drug-likeness (QED) is 0.364. The summed E-state index contributed by atoms with van der Waals surface area (Å²) in [6.45, 7) is 2.18. The predicted molar refractivity (Wildman–Crippen MR) is 48.6 cm³/mol. The van der Waals surface area contributed by atoms with Crippen molar-refractivity contribution in [1.29, 1.82) is 0 Å². The topological polar surface area (TPSA) is 113 Å². The molecular formula is C6H17N5O2. The van der Waals surface area contributed by atoms with Gasteiger partial charge in [-0.25, -0.2) is 5.01 Å². The average molecular weight is 191 g/mol. The number of quaternary nitrogens is 1. The van der Waals surface area contributed by atoms with E-state index in [9.17, 15) is 10.1 Å². The molecule has 0 radical (unpaired) electrons. The van der Waals surface area contributed by atoms with E-state index in [0.717, 1.165) is 13.0 Å². The highest BCUT2D eigenvalue weighted by atomic mass is 16.6. The van der Waals surface area contributed by atoms with Crippen molar-refractivity contribution in [2.45, 2.75) is 12.8 Å². The summed E-state index contributed by atoms with van der Waals surface area (Å²) < 4.78 is 0. The largest absolute Gasteiger partial charge is 0.724 e. The Morgan fingerprint density at radius 3 is 2.46 bits per heavy atom. The molecule has 0 amide bonds. The molecule has 0 aromatic carbocycles. The Morgan fingerprint density at radius 2 is 2.00 bits per heavy atom. The number of nitrogens with two attached hydrogens (primary N) is 1. The number of hydrogen-bond acceptors (Lipinski definition) is 5. The molecule has 7 nitrogen and oxygen atoms in total. The smallest absolute Gasteiger partial charge is 0.0752 e. The van der Waals surface area contributed by atoms with Crippen molar-refractivity contribution >= 4 is 0 Å². The van der Waals surface area contributed by atoms with E-state index in [1.54, 1.807) is 0 Å². The van der Waals surface area contributed by atoms with Crippen molar-refractivity contribution in [2.24, 2.45) is 11.0 Å². The molecule has 5 N–H and O–H groups in total. The number of nitroso groups, excluding NO2 is 1. The molecule has 0 rings (SSSR count). The minimum absolute atomic E-state index is 0.0747. The molecule has 0 atom stereocenters. The van der Waals surface area contributed by atoms with Gasteiger partial charge in [-0.2, -0.15) is 0 Å². The molecule has 0 aromatic heterocycles. The molecule has 0 aliphatic rings. The summed E-state index contributed by atoms with van der Waals surface area (Å²) >= 11 is 0. The molecular weight excluding hydrogens is 174 g/mol. The van der Waals surface area contributed by atoms with E-state index >= 15 is 0 Å². The molecule has 0 unspecified atom stereocenters. The molecule has 0 aliphatic heterocycles. The van der Waals surface area contributed by atoms with Crippen LogP contribution in [0.4, 0.5) is 0 Å². The van der Waals surface area contributed by atoms with Crippen molar-refractivity contribution in [3.8, 4) is 0 Å². The fourth-order valence-electron chi connectivity index (χ4n) is 0.903.